The third-order valence-corrected chi connectivity index (χ3v) is 4.99. The number of aromatic amines is 1. The van der Waals surface area contributed by atoms with Crippen molar-refractivity contribution in [2.24, 2.45) is 5.92 Å². The first-order valence-electron chi connectivity index (χ1n) is 8.92. The first-order chi connectivity index (χ1) is 13.0. The molecule has 0 atom stereocenters. The number of benzene rings is 1. The van der Waals surface area contributed by atoms with Gasteiger partial charge in [-0.2, -0.15) is 0 Å². The normalized spacial score (nSPS) is 13.6. The van der Waals surface area contributed by atoms with Crippen LogP contribution in [0.25, 0.3) is 0 Å². The molecule has 0 radical (unpaired) electrons. The van der Waals surface area contributed by atoms with Crippen LogP contribution in [0.2, 0.25) is 0 Å². The molecular weight excluding hydrogens is 366 g/mol. The van der Waals surface area contributed by atoms with Crippen molar-refractivity contribution < 1.29 is 9.59 Å². The maximum absolute atomic E-state index is 12.3. The Morgan fingerprint density at radius 3 is 2.78 bits per heavy atom. The topological polar surface area (TPSA) is 109 Å². The summed E-state index contributed by atoms with van der Waals surface area (Å²) in [5, 5.41) is 12.6. The number of thioether (sulfide) groups is 1. The van der Waals surface area contributed by atoms with Gasteiger partial charge in [0.1, 0.15) is 0 Å². The van der Waals surface area contributed by atoms with Gasteiger partial charge in [-0.25, -0.2) is 9.89 Å². The van der Waals surface area contributed by atoms with E-state index >= 15 is 0 Å². The van der Waals surface area contributed by atoms with E-state index in [-0.39, 0.29) is 29.3 Å². The summed E-state index contributed by atoms with van der Waals surface area (Å²) in [5.41, 5.74) is 0.643. The number of amides is 2. The van der Waals surface area contributed by atoms with E-state index in [2.05, 4.69) is 20.8 Å². The van der Waals surface area contributed by atoms with E-state index in [0.717, 1.165) is 12.8 Å². The van der Waals surface area contributed by atoms with E-state index in [9.17, 15) is 14.4 Å². The SMILES string of the molecule is CC(C)CNC(=O)c1ccccc1NC(=O)CSc1n[nH]c(=O)n1C1CC1. The minimum Gasteiger partial charge on any atom is -0.352 e. The highest BCUT2D eigenvalue weighted by Gasteiger charge is 2.28. The number of hydrogen-bond acceptors (Lipinski definition) is 5. The fraction of sp³-hybridized carbons (Fsp3) is 0.444. The molecule has 0 spiro atoms. The molecule has 0 saturated heterocycles. The van der Waals surface area contributed by atoms with Crippen LogP contribution in [0.3, 0.4) is 0 Å². The van der Waals surface area contributed by atoms with Gasteiger partial charge in [-0.1, -0.05) is 37.7 Å². The van der Waals surface area contributed by atoms with Gasteiger partial charge in [0.15, 0.2) is 5.16 Å². The van der Waals surface area contributed by atoms with Crippen molar-refractivity contribution >= 4 is 29.3 Å². The number of nitrogens with one attached hydrogen (secondary N) is 3. The average molecular weight is 389 g/mol. The molecule has 3 N–H and O–H groups in total. The standard InChI is InChI=1S/C18H23N5O3S/c1-11(2)9-19-16(25)13-5-3-4-6-14(13)20-15(24)10-27-18-22-21-17(26)23(18)12-7-8-12/h3-6,11-12H,7-10H2,1-2H3,(H,19,25)(H,20,24)(H,21,26). The Balaban J connectivity index is 1.61. The lowest BCUT2D eigenvalue weighted by Gasteiger charge is -2.12. The Hall–Kier alpha value is -2.55. The molecule has 2 aromatic rings. The van der Waals surface area contributed by atoms with Crippen molar-refractivity contribution in [1.29, 1.82) is 0 Å². The average Bonchev–Trinajstić information content (AvgIpc) is 3.41. The second kappa shape index (κ2) is 8.43. The number of aromatic nitrogens is 3. The highest BCUT2D eigenvalue weighted by Crippen LogP contribution is 2.36. The molecule has 1 fully saturated rings. The predicted molar refractivity (Wildman–Crippen MR) is 104 cm³/mol. The maximum atomic E-state index is 12.3. The third-order valence-electron chi connectivity index (χ3n) is 4.03. The van der Waals surface area contributed by atoms with Gasteiger partial charge in [-0.15, -0.1) is 5.10 Å². The largest absolute Gasteiger partial charge is 0.352 e. The van der Waals surface area contributed by atoms with Crippen LogP contribution < -0.4 is 16.3 Å². The van der Waals surface area contributed by atoms with Crippen molar-refractivity contribution in [3.63, 3.8) is 0 Å². The molecule has 27 heavy (non-hydrogen) atoms. The molecule has 0 aliphatic heterocycles. The number of nitrogens with zero attached hydrogens (tertiary/aromatic N) is 2. The lowest BCUT2D eigenvalue weighted by Crippen LogP contribution is -2.28. The van der Waals surface area contributed by atoms with E-state index in [1.807, 2.05) is 13.8 Å². The van der Waals surface area contributed by atoms with Gasteiger partial charge in [0.25, 0.3) is 5.91 Å². The van der Waals surface area contributed by atoms with E-state index in [4.69, 9.17) is 0 Å². The number of carbonyl (C=O) groups is 2. The Bertz CT molecular complexity index is 885. The molecular formula is C18H23N5O3S. The minimum absolute atomic E-state index is 0.0962. The quantitative estimate of drug-likeness (QED) is 0.599. The van der Waals surface area contributed by atoms with E-state index in [0.29, 0.717) is 28.9 Å². The monoisotopic (exact) mass is 389 g/mol. The van der Waals surface area contributed by atoms with Crippen LogP contribution in [0.1, 0.15) is 43.1 Å². The summed E-state index contributed by atoms with van der Waals surface area (Å²) >= 11 is 1.20. The molecule has 1 aliphatic rings. The molecule has 1 aromatic carbocycles. The lowest BCUT2D eigenvalue weighted by molar-refractivity contribution is -0.113. The number of rotatable bonds is 8. The molecule has 0 unspecified atom stereocenters. The third kappa shape index (κ3) is 5.00. The van der Waals surface area contributed by atoms with Crippen LogP contribution in [0.5, 0.6) is 0 Å². The summed E-state index contributed by atoms with van der Waals surface area (Å²) in [6, 6.07) is 7.08. The summed E-state index contributed by atoms with van der Waals surface area (Å²) in [4.78, 5) is 36.5. The van der Waals surface area contributed by atoms with Gasteiger partial charge in [0, 0.05) is 12.6 Å². The van der Waals surface area contributed by atoms with Crippen LogP contribution in [0.15, 0.2) is 34.2 Å². The van der Waals surface area contributed by atoms with Crippen molar-refractivity contribution in [2.45, 2.75) is 37.9 Å². The summed E-state index contributed by atoms with van der Waals surface area (Å²) in [7, 11) is 0. The van der Waals surface area contributed by atoms with E-state index in [1.165, 1.54) is 11.8 Å². The number of H-pyrrole nitrogens is 1. The minimum atomic E-state index is -0.262. The van der Waals surface area contributed by atoms with Crippen LogP contribution in [-0.4, -0.2) is 38.9 Å². The fourth-order valence-corrected chi connectivity index (χ4v) is 3.36. The van der Waals surface area contributed by atoms with Crippen LogP contribution >= 0.6 is 11.8 Å². The van der Waals surface area contributed by atoms with Crippen molar-refractivity contribution in [1.82, 2.24) is 20.1 Å². The second-order valence-corrected chi connectivity index (χ2v) is 7.84. The molecule has 0 bridgehead atoms. The van der Waals surface area contributed by atoms with Gasteiger partial charge >= 0.3 is 5.69 Å². The van der Waals surface area contributed by atoms with Crippen molar-refractivity contribution in [3.8, 4) is 0 Å². The van der Waals surface area contributed by atoms with Crippen molar-refractivity contribution in [2.75, 3.05) is 17.6 Å². The van der Waals surface area contributed by atoms with Crippen LogP contribution in [-0.2, 0) is 4.79 Å². The molecule has 9 heteroatoms. The van der Waals surface area contributed by atoms with Gasteiger partial charge < -0.3 is 10.6 Å². The second-order valence-electron chi connectivity index (χ2n) is 6.90. The molecule has 1 aromatic heterocycles. The highest BCUT2D eigenvalue weighted by atomic mass is 32.2. The zero-order valence-corrected chi connectivity index (χ0v) is 16.1. The number of anilines is 1. The predicted octanol–water partition coefficient (Wildman–Crippen LogP) is 2.02. The number of carbonyl (C=O) groups excluding carboxylic acids is 2. The maximum Gasteiger partial charge on any atom is 0.344 e. The van der Waals surface area contributed by atoms with E-state index in [1.54, 1.807) is 28.8 Å². The molecule has 8 nitrogen and oxygen atoms in total. The smallest absolute Gasteiger partial charge is 0.344 e. The van der Waals surface area contributed by atoms with Gasteiger partial charge in [-0.3, -0.25) is 14.2 Å². The lowest BCUT2D eigenvalue weighted by atomic mass is 10.1. The Morgan fingerprint density at radius 2 is 2.07 bits per heavy atom. The first kappa shape index (κ1) is 19.2. The Morgan fingerprint density at radius 1 is 1.33 bits per heavy atom. The van der Waals surface area contributed by atoms with E-state index < -0.39 is 0 Å². The van der Waals surface area contributed by atoms with Crippen molar-refractivity contribution in [3.05, 3.63) is 40.3 Å². The molecule has 2 amide bonds. The van der Waals surface area contributed by atoms with Gasteiger partial charge in [0.05, 0.1) is 17.0 Å². The molecule has 1 saturated carbocycles. The Labute approximate surface area is 161 Å². The highest BCUT2D eigenvalue weighted by molar-refractivity contribution is 7.99. The zero-order valence-electron chi connectivity index (χ0n) is 15.3. The fourth-order valence-electron chi connectivity index (χ4n) is 2.55. The molecule has 144 valence electrons. The van der Waals surface area contributed by atoms with Crippen LogP contribution in [0.4, 0.5) is 5.69 Å². The summed E-state index contributed by atoms with van der Waals surface area (Å²) < 4.78 is 1.60. The molecule has 3 rings (SSSR count). The number of hydrogen-bond donors (Lipinski definition) is 3. The summed E-state index contributed by atoms with van der Waals surface area (Å²) in [6.07, 6.45) is 1.91. The zero-order chi connectivity index (χ0) is 19.4. The molecule has 1 aliphatic carbocycles. The summed E-state index contributed by atoms with van der Waals surface area (Å²) in [6.45, 7) is 4.59. The van der Waals surface area contributed by atoms with Gasteiger partial charge in [0.2, 0.25) is 5.91 Å². The van der Waals surface area contributed by atoms with Gasteiger partial charge in [-0.05, 0) is 30.9 Å². The number of para-hydroxylation sites is 1. The van der Waals surface area contributed by atoms with Crippen LogP contribution in [0, 0.1) is 5.92 Å². The first-order valence-corrected chi connectivity index (χ1v) is 9.91. The molecule has 1 heterocycles. The summed E-state index contributed by atoms with van der Waals surface area (Å²) in [5.74, 6) is -0.0482. The Kier molecular flexibility index (Phi) is 6.00.